The monoisotopic (exact) mass is 359 g/mol. The molecule has 2 N–H and O–H groups in total. The summed E-state index contributed by atoms with van der Waals surface area (Å²) in [5.41, 5.74) is 0. The average molecular weight is 360 g/mol. The SMILES string of the molecule is CCCCCCCCCCCCCCCCCC(=O)OCCN(O)O. The zero-order valence-electron chi connectivity index (χ0n) is 16.4. The number of ether oxygens (including phenoxy) is 1. The lowest BCUT2D eigenvalue weighted by molar-refractivity contribution is -0.309. The van der Waals surface area contributed by atoms with Crippen molar-refractivity contribution in [3.63, 3.8) is 0 Å². The zero-order valence-corrected chi connectivity index (χ0v) is 16.4. The first-order chi connectivity index (χ1) is 12.2. The highest BCUT2D eigenvalue weighted by atomic mass is 16.8. The normalized spacial score (nSPS) is 11.2. The van der Waals surface area contributed by atoms with Crippen LogP contribution in [-0.4, -0.2) is 34.8 Å². The minimum absolute atomic E-state index is 0.0184. The van der Waals surface area contributed by atoms with Gasteiger partial charge in [-0.3, -0.25) is 15.2 Å². The highest BCUT2D eigenvalue weighted by Gasteiger charge is 2.03. The highest BCUT2D eigenvalue weighted by molar-refractivity contribution is 5.69. The van der Waals surface area contributed by atoms with Gasteiger partial charge in [0.1, 0.15) is 6.61 Å². The molecule has 0 spiro atoms. The third-order valence-corrected chi connectivity index (χ3v) is 4.54. The van der Waals surface area contributed by atoms with Crippen LogP contribution in [0.15, 0.2) is 0 Å². The summed E-state index contributed by atoms with van der Waals surface area (Å²) < 4.78 is 4.87. The van der Waals surface area contributed by atoms with Crippen LogP contribution in [0.25, 0.3) is 0 Å². The number of rotatable bonds is 19. The number of hydroxylamine groups is 2. The predicted octanol–water partition coefficient (Wildman–Crippen LogP) is 5.87. The maximum atomic E-state index is 11.4. The molecule has 0 rings (SSSR count). The largest absolute Gasteiger partial charge is 0.464 e. The van der Waals surface area contributed by atoms with Gasteiger partial charge in [-0.05, 0) is 6.42 Å². The average Bonchev–Trinajstić information content (AvgIpc) is 2.58. The molecule has 0 aromatic rings. The molecule has 150 valence electrons. The van der Waals surface area contributed by atoms with Gasteiger partial charge in [0.2, 0.25) is 0 Å². The molecule has 0 aliphatic carbocycles. The molecule has 0 saturated heterocycles. The van der Waals surface area contributed by atoms with E-state index in [9.17, 15) is 4.79 Å². The van der Waals surface area contributed by atoms with Gasteiger partial charge >= 0.3 is 5.97 Å². The number of unbranched alkanes of at least 4 members (excludes halogenated alkanes) is 14. The van der Waals surface area contributed by atoms with Crippen molar-refractivity contribution in [1.82, 2.24) is 5.23 Å². The third kappa shape index (κ3) is 21.3. The van der Waals surface area contributed by atoms with E-state index in [1.165, 1.54) is 83.5 Å². The van der Waals surface area contributed by atoms with Crippen LogP contribution in [-0.2, 0) is 9.53 Å². The maximum Gasteiger partial charge on any atom is 0.305 e. The second kappa shape index (κ2) is 19.7. The van der Waals surface area contributed by atoms with Gasteiger partial charge in [-0.15, -0.1) is 0 Å². The fourth-order valence-electron chi connectivity index (χ4n) is 2.95. The maximum absolute atomic E-state index is 11.4. The van der Waals surface area contributed by atoms with Crippen LogP contribution in [0.4, 0.5) is 0 Å². The zero-order chi connectivity index (χ0) is 18.6. The second-order valence-electron chi connectivity index (χ2n) is 7.02. The van der Waals surface area contributed by atoms with Crippen LogP contribution in [0.3, 0.4) is 0 Å². The molecular formula is C20H41NO4. The number of carbonyl (C=O) groups excluding carboxylic acids is 1. The van der Waals surface area contributed by atoms with Gasteiger partial charge in [-0.1, -0.05) is 102 Å². The Morgan fingerprint density at radius 3 is 1.52 bits per heavy atom. The van der Waals surface area contributed by atoms with Crippen molar-refractivity contribution < 1.29 is 19.9 Å². The van der Waals surface area contributed by atoms with Gasteiger partial charge in [0.05, 0.1) is 6.54 Å². The number of carbonyl (C=O) groups is 1. The summed E-state index contributed by atoms with van der Waals surface area (Å²) in [6.45, 7) is 2.20. The molecular weight excluding hydrogens is 318 g/mol. The molecule has 0 amide bonds. The molecule has 0 unspecified atom stereocenters. The predicted molar refractivity (Wildman–Crippen MR) is 101 cm³/mol. The summed E-state index contributed by atoms with van der Waals surface area (Å²) in [6.07, 6.45) is 20.0. The summed E-state index contributed by atoms with van der Waals surface area (Å²) >= 11 is 0. The number of nitrogens with zero attached hydrogens (tertiary/aromatic N) is 1. The van der Waals surface area contributed by atoms with E-state index in [0.29, 0.717) is 6.42 Å². The van der Waals surface area contributed by atoms with Crippen LogP contribution in [0.1, 0.15) is 110 Å². The molecule has 0 bridgehead atoms. The van der Waals surface area contributed by atoms with Crippen molar-refractivity contribution in [3.8, 4) is 0 Å². The van der Waals surface area contributed by atoms with Gasteiger partial charge in [0, 0.05) is 6.42 Å². The lowest BCUT2D eigenvalue weighted by Gasteiger charge is -2.07. The summed E-state index contributed by atoms with van der Waals surface area (Å²) in [5.74, 6) is -0.253. The van der Waals surface area contributed by atoms with E-state index in [1.54, 1.807) is 0 Å². The third-order valence-electron chi connectivity index (χ3n) is 4.54. The Bertz CT molecular complexity index is 285. The molecule has 0 aliphatic rings. The van der Waals surface area contributed by atoms with E-state index < -0.39 is 0 Å². The van der Waals surface area contributed by atoms with Gasteiger partial charge in [-0.2, -0.15) is 0 Å². The summed E-state index contributed by atoms with van der Waals surface area (Å²) in [4.78, 5) is 11.4. The van der Waals surface area contributed by atoms with E-state index in [1.807, 2.05) is 0 Å². The van der Waals surface area contributed by atoms with Crippen molar-refractivity contribution in [3.05, 3.63) is 0 Å². The first-order valence-electron chi connectivity index (χ1n) is 10.5. The highest BCUT2D eigenvalue weighted by Crippen LogP contribution is 2.13. The fourth-order valence-corrected chi connectivity index (χ4v) is 2.95. The number of hydrogen-bond acceptors (Lipinski definition) is 5. The second-order valence-corrected chi connectivity index (χ2v) is 7.02. The van der Waals surface area contributed by atoms with E-state index >= 15 is 0 Å². The van der Waals surface area contributed by atoms with Crippen molar-refractivity contribution in [1.29, 1.82) is 0 Å². The Morgan fingerprint density at radius 1 is 0.720 bits per heavy atom. The Balaban J connectivity index is 3.10. The standard InChI is InChI=1S/C20H41NO4/c1-2-3-4-5-6-7-8-9-10-11-12-13-14-15-16-17-20(22)25-19-18-21(23)24/h23-24H,2-19H2,1H3. The minimum Gasteiger partial charge on any atom is -0.464 e. The smallest absolute Gasteiger partial charge is 0.305 e. The first kappa shape index (κ1) is 24.4. The van der Waals surface area contributed by atoms with Gasteiger partial charge in [-0.25, -0.2) is 0 Å². The van der Waals surface area contributed by atoms with E-state index in [0.717, 1.165) is 12.8 Å². The lowest BCUT2D eigenvalue weighted by atomic mass is 10.0. The minimum atomic E-state index is -0.253. The topological polar surface area (TPSA) is 70.0 Å². The molecule has 0 aromatic carbocycles. The molecule has 0 atom stereocenters. The quantitative estimate of drug-likeness (QED) is 0.171. The van der Waals surface area contributed by atoms with Gasteiger partial charge < -0.3 is 4.74 Å². The van der Waals surface area contributed by atoms with E-state index in [4.69, 9.17) is 15.2 Å². The first-order valence-corrected chi connectivity index (χ1v) is 10.5. The molecule has 0 saturated carbocycles. The molecule has 5 nitrogen and oxygen atoms in total. The Labute approximate surface area is 154 Å². The van der Waals surface area contributed by atoms with Crippen LogP contribution >= 0.6 is 0 Å². The van der Waals surface area contributed by atoms with E-state index in [-0.39, 0.29) is 24.3 Å². The number of hydrogen-bond donors (Lipinski definition) is 2. The molecule has 25 heavy (non-hydrogen) atoms. The molecule has 0 aliphatic heterocycles. The summed E-state index contributed by atoms with van der Waals surface area (Å²) in [5, 5.41) is 17.0. The lowest BCUT2D eigenvalue weighted by Crippen LogP contribution is -2.21. The Morgan fingerprint density at radius 2 is 1.12 bits per heavy atom. The fraction of sp³-hybridized carbons (Fsp3) is 0.950. The number of esters is 1. The molecule has 0 aromatic heterocycles. The summed E-state index contributed by atoms with van der Waals surface area (Å²) in [7, 11) is 0. The molecule has 0 heterocycles. The van der Waals surface area contributed by atoms with Crippen molar-refractivity contribution >= 4 is 5.97 Å². The van der Waals surface area contributed by atoms with Gasteiger partial charge in [0.25, 0.3) is 0 Å². The van der Waals surface area contributed by atoms with Crippen molar-refractivity contribution in [2.24, 2.45) is 0 Å². The van der Waals surface area contributed by atoms with Crippen LogP contribution in [0.2, 0.25) is 0 Å². The Kier molecular flexibility index (Phi) is 19.2. The van der Waals surface area contributed by atoms with Crippen LogP contribution in [0, 0.1) is 0 Å². The van der Waals surface area contributed by atoms with Crippen LogP contribution in [0.5, 0.6) is 0 Å². The molecule has 0 radical (unpaired) electrons. The van der Waals surface area contributed by atoms with Crippen LogP contribution < -0.4 is 0 Å². The van der Waals surface area contributed by atoms with Gasteiger partial charge in [0.15, 0.2) is 0 Å². The summed E-state index contributed by atoms with van der Waals surface area (Å²) in [6, 6.07) is 0. The van der Waals surface area contributed by atoms with Crippen molar-refractivity contribution in [2.45, 2.75) is 110 Å². The Hall–Kier alpha value is -0.650. The van der Waals surface area contributed by atoms with Crippen molar-refractivity contribution in [2.75, 3.05) is 13.2 Å². The molecule has 0 fully saturated rings. The van der Waals surface area contributed by atoms with E-state index in [2.05, 4.69) is 6.92 Å². The molecule has 5 heteroatoms.